The van der Waals surface area contributed by atoms with Gasteiger partial charge in [-0.05, 0) is 25.3 Å². The zero-order valence-electron chi connectivity index (χ0n) is 7.00. The van der Waals surface area contributed by atoms with E-state index < -0.39 is 0 Å². The van der Waals surface area contributed by atoms with Crippen LogP contribution in [0.3, 0.4) is 0 Å². The topological polar surface area (TPSA) is 65.2 Å². The Morgan fingerprint density at radius 3 is 2.83 bits per heavy atom. The van der Waals surface area contributed by atoms with Crippen molar-refractivity contribution in [3.8, 4) is 0 Å². The van der Waals surface area contributed by atoms with E-state index in [1.165, 1.54) is 6.20 Å². The predicted molar refractivity (Wildman–Crippen MR) is 49.9 cm³/mol. The smallest absolute Gasteiger partial charge is 0.137 e. The predicted octanol–water partition coefficient (Wildman–Crippen LogP) is 1.45. The average Bonchev–Trinajstić information content (AvgIpc) is 2.32. The Bertz CT molecular complexity index is 323. The van der Waals surface area contributed by atoms with Gasteiger partial charge < -0.3 is 15.9 Å². The summed E-state index contributed by atoms with van der Waals surface area (Å²) in [5.74, 6) is 1.45. The highest BCUT2D eigenvalue weighted by Gasteiger charge is 2.06. The lowest BCUT2D eigenvalue weighted by atomic mass is 10.2. The van der Waals surface area contributed by atoms with E-state index in [1.807, 2.05) is 13.0 Å². The molecule has 3 nitrogen and oxygen atoms in total. The minimum absolute atomic E-state index is 0.486. The van der Waals surface area contributed by atoms with E-state index in [2.05, 4.69) is 6.58 Å². The Kier molecular flexibility index (Phi) is 2.24. The third-order valence-corrected chi connectivity index (χ3v) is 1.48. The molecule has 0 bridgehead atoms. The molecule has 64 valence electrons. The molecular formula is C9H12N2O. The monoisotopic (exact) mass is 164 g/mol. The van der Waals surface area contributed by atoms with Gasteiger partial charge in [0.05, 0.1) is 0 Å². The fraction of sp³-hybridized carbons (Fsp3) is 0.111. The maximum absolute atomic E-state index is 5.53. The fourth-order valence-corrected chi connectivity index (χ4v) is 0.994. The third-order valence-electron chi connectivity index (χ3n) is 1.48. The lowest BCUT2D eigenvalue weighted by molar-refractivity contribution is 0.524. The molecule has 0 saturated heterocycles. The Labute approximate surface area is 71.4 Å². The molecule has 1 aromatic rings. The minimum Gasteiger partial charge on any atom is -0.461 e. The molecule has 1 heterocycles. The van der Waals surface area contributed by atoms with Gasteiger partial charge in [-0.25, -0.2) is 0 Å². The maximum atomic E-state index is 5.53. The van der Waals surface area contributed by atoms with Crippen molar-refractivity contribution in [2.75, 3.05) is 0 Å². The Hall–Kier alpha value is -1.64. The lowest BCUT2D eigenvalue weighted by Gasteiger charge is -1.94. The Morgan fingerprint density at radius 1 is 1.67 bits per heavy atom. The highest BCUT2D eigenvalue weighted by Crippen LogP contribution is 2.19. The van der Waals surface area contributed by atoms with Crippen molar-refractivity contribution in [1.82, 2.24) is 0 Å². The van der Waals surface area contributed by atoms with Gasteiger partial charge in [0.2, 0.25) is 0 Å². The van der Waals surface area contributed by atoms with Gasteiger partial charge in [-0.2, -0.15) is 0 Å². The second-order valence-corrected chi connectivity index (χ2v) is 2.52. The second kappa shape index (κ2) is 3.17. The van der Waals surface area contributed by atoms with Crippen molar-refractivity contribution >= 4 is 11.8 Å². The summed E-state index contributed by atoms with van der Waals surface area (Å²) in [6, 6.07) is 1.83. The van der Waals surface area contributed by atoms with Crippen LogP contribution >= 0.6 is 0 Å². The van der Waals surface area contributed by atoms with Crippen LogP contribution in [-0.2, 0) is 0 Å². The first-order chi connectivity index (χ1) is 5.65. The first-order valence-electron chi connectivity index (χ1n) is 3.58. The van der Waals surface area contributed by atoms with Crippen LogP contribution in [-0.4, -0.2) is 0 Å². The molecule has 0 fully saturated rings. The molecule has 0 aliphatic heterocycles. The first kappa shape index (κ1) is 8.46. The zero-order chi connectivity index (χ0) is 9.14. The third kappa shape index (κ3) is 1.50. The molecule has 1 rings (SSSR count). The highest BCUT2D eigenvalue weighted by atomic mass is 16.3. The number of rotatable bonds is 2. The number of furan rings is 1. The molecule has 0 aliphatic carbocycles. The van der Waals surface area contributed by atoms with Crippen LogP contribution in [0.15, 0.2) is 23.3 Å². The van der Waals surface area contributed by atoms with Gasteiger partial charge in [0, 0.05) is 11.3 Å². The van der Waals surface area contributed by atoms with Crippen LogP contribution in [0.25, 0.3) is 11.8 Å². The molecule has 0 unspecified atom stereocenters. The largest absolute Gasteiger partial charge is 0.461 e. The van der Waals surface area contributed by atoms with Crippen molar-refractivity contribution in [3.63, 3.8) is 0 Å². The molecule has 0 atom stereocenters. The van der Waals surface area contributed by atoms with Crippen molar-refractivity contribution < 1.29 is 4.42 Å². The van der Waals surface area contributed by atoms with Gasteiger partial charge in [0.15, 0.2) is 0 Å². The zero-order valence-corrected chi connectivity index (χ0v) is 7.00. The molecule has 0 spiro atoms. The quantitative estimate of drug-likeness (QED) is 0.695. The lowest BCUT2D eigenvalue weighted by Crippen LogP contribution is -1.93. The molecule has 12 heavy (non-hydrogen) atoms. The van der Waals surface area contributed by atoms with E-state index in [0.717, 1.165) is 11.3 Å². The van der Waals surface area contributed by atoms with E-state index in [0.29, 0.717) is 11.5 Å². The summed E-state index contributed by atoms with van der Waals surface area (Å²) in [7, 11) is 0. The highest BCUT2D eigenvalue weighted by molar-refractivity contribution is 5.68. The summed E-state index contributed by atoms with van der Waals surface area (Å²) in [5.41, 5.74) is 12.0. The maximum Gasteiger partial charge on any atom is 0.137 e. The molecule has 0 amide bonds. The van der Waals surface area contributed by atoms with Crippen LogP contribution in [0.2, 0.25) is 0 Å². The number of aryl methyl sites for hydroxylation is 1. The van der Waals surface area contributed by atoms with Crippen LogP contribution in [0.1, 0.15) is 17.1 Å². The second-order valence-electron chi connectivity index (χ2n) is 2.52. The first-order valence-corrected chi connectivity index (χ1v) is 3.58. The molecule has 0 aromatic carbocycles. The summed E-state index contributed by atoms with van der Waals surface area (Å²) in [4.78, 5) is 0. The standard InChI is InChI=1S/C9H12N2O/c1-6-5-8(7(2)11)9(12-6)3-4-10/h3-5H,2,10-11H2,1H3/b4-3-. The van der Waals surface area contributed by atoms with Crippen molar-refractivity contribution in [3.05, 3.63) is 35.9 Å². The van der Waals surface area contributed by atoms with Gasteiger partial charge in [0.1, 0.15) is 11.5 Å². The van der Waals surface area contributed by atoms with E-state index in [9.17, 15) is 0 Å². The van der Waals surface area contributed by atoms with E-state index in [4.69, 9.17) is 15.9 Å². The van der Waals surface area contributed by atoms with Gasteiger partial charge in [-0.1, -0.05) is 6.58 Å². The molecule has 4 N–H and O–H groups in total. The van der Waals surface area contributed by atoms with Gasteiger partial charge in [0.25, 0.3) is 0 Å². The molecular weight excluding hydrogens is 152 g/mol. The average molecular weight is 164 g/mol. The van der Waals surface area contributed by atoms with E-state index in [1.54, 1.807) is 6.08 Å². The van der Waals surface area contributed by atoms with E-state index in [-0.39, 0.29) is 0 Å². The summed E-state index contributed by atoms with van der Waals surface area (Å²) >= 11 is 0. The van der Waals surface area contributed by atoms with Crippen molar-refractivity contribution in [1.29, 1.82) is 0 Å². The normalized spacial score (nSPS) is 10.8. The Balaban J connectivity index is 3.17. The SMILES string of the molecule is C=C(N)c1cc(C)oc1/C=C\N. The van der Waals surface area contributed by atoms with Crippen LogP contribution in [0.5, 0.6) is 0 Å². The van der Waals surface area contributed by atoms with Gasteiger partial charge in [-0.15, -0.1) is 0 Å². The number of nitrogens with two attached hydrogens (primary N) is 2. The van der Waals surface area contributed by atoms with Crippen molar-refractivity contribution in [2.45, 2.75) is 6.92 Å². The van der Waals surface area contributed by atoms with Gasteiger partial charge in [-0.3, -0.25) is 0 Å². The van der Waals surface area contributed by atoms with Crippen LogP contribution in [0.4, 0.5) is 0 Å². The molecule has 0 radical (unpaired) electrons. The number of hydrogen-bond donors (Lipinski definition) is 2. The molecule has 1 aromatic heterocycles. The number of hydrogen-bond acceptors (Lipinski definition) is 3. The summed E-state index contributed by atoms with van der Waals surface area (Å²) in [6.45, 7) is 5.47. The fourth-order valence-electron chi connectivity index (χ4n) is 0.994. The van der Waals surface area contributed by atoms with E-state index >= 15 is 0 Å². The van der Waals surface area contributed by atoms with Crippen LogP contribution < -0.4 is 11.5 Å². The van der Waals surface area contributed by atoms with Crippen LogP contribution in [0, 0.1) is 6.92 Å². The molecule has 0 aliphatic rings. The Morgan fingerprint density at radius 2 is 2.33 bits per heavy atom. The van der Waals surface area contributed by atoms with Crippen molar-refractivity contribution in [2.24, 2.45) is 11.5 Å². The summed E-state index contributed by atoms with van der Waals surface area (Å²) in [6.07, 6.45) is 3.06. The minimum atomic E-state index is 0.486. The van der Waals surface area contributed by atoms with Gasteiger partial charge >= 0.3 is 0 Å². The summed E-state index contributed by atoms with van der Waals surface area (Å²) < 4.78 is 5.31. The molecule has 3 heteroatoms. The summed E-state index contributed by atoms with van der Waals surface area (Å²) in [5, 5.41) is 0. The molecule has 0 saturated carbocycles.